The van der Waals surface area contributed by atoms with E-state index in [0.29, 0.717) is 17.4 Å². The minimum absolute atomic E-state index is 0.294. The molecule has 144 valence electrons. The molecule has 1 saturated heterocycles. The number of hydrogen-bond donors (Lipinski definition) is 1. The van der Waals surface area contributed by atoms with Gasteiger partial charge in [0.15, 0.2) is 0 Å². The molecule has 0 spiro atoms. The molecule has 1 aliphatic carbocycles. The van der Waals surface area contributed by atoms with E-state index in [1.54, 1.807) is 7.11 Å². The van der Waals surface area contributed by atoms with Crippen molar-refractivity contribution in [1.82, 2.24) is 5.32 Å². The van der Waals surface area contributed by atoms with Crippen molar-refractivity contribution in [2.24, 2.45) is 17.8 Å². The molecule has 4 rings (SSSR count). The third-order valence-corrected chi connectivity index (χ3v) is 7.40. The Morgan fingerprint density at radius 3 is 2.67 bits per heavy atom. The smallest absolute Gasteiger partial charge is 0.119 e. The number of rotatable bonds is 5. The summed E-state index contributed by atoms with van der Waals surface area (Å²) in [7, 11) is 1.77. The van der Waals surface area contributed by atoms with E-state index in [9.17, 15) is 0 Å². The second-order valence-electron chi connectivity index (χ2n) is 8.89. The van der Waals surface area contributed by atoms with Crippen molar-refractivity contribution in [3.05, 3.63) is 65.7 Å². The monoisotopic (exact) mass is 363 g/mol. The van der Waals surface area contributed by atoms with E-state index < -0.39 is 0 Å². The van der Waals surface area contributed by atoms with Crippen molar-refractivity contribution in [1.29, 1.82) is 0 Å². The highest BCUT2D eigenvalue weighted by molar-refractivity contribution is 5.32. The molecular formula is C25H33NO. The predicted molar refractivity (Wildman–Crippen MR) is 112 cm³/mol. The molecule has 2 aromatic carbocycles. The van der Waals surface area contributed by atoms with Gasteiger partial charge in [0.1, 0.15) is 5.75 Å². The fraction of sp³-hybridized carbons (Fsp3) is 0.520. The lowest BCUT2D eigenvalue weighted by atomic mass is 9.56. The van der Waals surface area contributed by atoms with Crippen LogP contribution in [-0.2, 0) is 6.42 Å². The molecule has 2 nitrogen and oxygen atoms in total. The van der Waals surface area contributed by atoms with Gasteiger partial charge in [-0.15, -0.1) is 0 Å². The summed E-state index contributed by atoms with van der Waals surface area (Å²) in [5.74, 6) is 3.80. The van der Waals surface area contributed by atoms with Crippen LogP contribution in [0.2, 0.25) is 0 Å². The van der Waals surface area contributed by atoms with Crippen molar-refractivity contribution in [3.8, 4) is 5.75 Å². The van der Waals surface area contributed by atoms with Crippen LogP contribution in [0.3, 0.4) is 0 Å². The molecule has 0 radical (unpaired) electrons. The predicted octanol–water partition coefficient (Wildman–Crippen LogP) is 5.44. The van der Waals surface area contributed by atoms with Crippen LogP contribution in [0.1, 0.15) is 50.2 Å². The second-order valence-corrected chi connectivity index (χ2v) is 8.89. The van der Waals surface area contributed by atoms with Crippen molar-refractivity contribution in [2.75, 3.05) is 13.7 Å². The summed E-state index contributed by atoms with van der Waals surface area (Å²) < 4.78 is 5.50. The summed E-state index contributed by atoms with van der Waals surface area (Å²) >= 11 is 0. The number of methoxy groups -OCH3 is 1. The zero-order valence-corrected chi connectivity index (χ0v) is 16.9. The van der Waals surface area contributed by atoms with Gasteiger partial charge in [-0.1, -0.05) is 56.3 Å². The highest BCUT2D eigenvalue weighted by Gasteiger charge is 2.49. The number of hydrogen-bond acceptors (Lipinski definition) is 2. The quantitative estimate of drug-likeness (QED) is 0.764. The van der Waals surface area contributed by atoms with Gasteiger partial charge in [0, 0.05) is 5.54 Å². The van der Waals surface area contributed by atoms with Crippen LogP contribution in [0.15, 0.2) is 54.6 Å². The standard InChI is InChI=1S/C25H33NO/c1-18-17-26-25(13-12-20-8-5-4-6-9-20)16-24(18)23(14-19(25)2)21-10-7-11-22(15-21)27-3/h4-11,15,18-19,23-24,26H,12-14,16-17H2,1-3H3. The highest BCUT2D eigenvalue weighted by atomic mass is 16.5. The zero-order chi connectivity index (χ0) is 18.9. The summed E-state index contributed by atoms with van der Waals surface area (Å²) in [6, 6.07) is 19.8. The number of benzene rings is 2. The van der Waals surface area contributed by atoms with Crippen LogP contribution in [0.5, 0.6) is 5.75 Å². The maximum Gasteiger partial charge on any atom is 0.119 e. The van der Waals surface area contributed by atoms with Gasteiger partial charge in [0.2, 0.25) is 0 Å². The van der Waals surface area contributed by atoms with Crippen LogP contribution >= 0.6 is 0 Å². The lowest BCUT2D eigenvalue weighted by Gasteiger charge is -2.56. The fourth-order valence-electron chi connectivity index (χ4n) is 5.61. The van der Waals surface area contributed by atoms with E-state index in [4.69, 9.17) is 4.74 Å². The molecule has 5 atom stereocenters. The summed E-state index contributed by atoms with van der Waals surface area (Å²) in [5, 5.41) is 4.00. The summed E-state index contributed by atoms with van der Waals surface area (Å²) in [4.78, 5) is 0. The van der Waals surface area contributed by atoms with Gasteiger partial charge in [0.05, 0.1) is 7.11 Å². The van der Waals surface area contributed by atoms with Crippen molar-refractivity contribution in [2.45, 2.75) is 51.0 Å². The molecule has 1 N–H and O–H groups in total. The average molecular weight is 364 g/mol. The van der Waals surface area contributed by atoms with E-state index in [2.05, 4.69) is 73.8 Å². The first kappa shape index (κ1) is 18.6. The van der Waals surface area contributed by atoms with Gasteiger partial charge < -0.3 is 10.1 Å². The summed E-state index contributed by atoms with van der Waals surface area (Å²) in [5.41, 5.74) is 3.23. The molecule has 1 saturated carbocycles. The van der Waals surface area contributed by atoms with E-state index in [1.807, 2.05) is 0 Å². The van der Waals surface area contributed by atoms with Crippen LogP contribution in [0, 0.1) is 17.8 Å². The molecule has 27 heavy (non-hydrogen) atoms. The van der Waals surface area contributed by atoms with E-state index in [0.717, 1.165) is 24.1 Å². The summed E-state index contributed by atoms with van der Waals surface area (Å²) in [6.07, 6.45) is 4.98. The molecule has 0 amide bonds. The van der Waals surface area contributed by atoms with Gasteiger partial charge in [-0.25, -0.2) is 0 Å². The number of piperidine rings is 1. The van der Waals surface area contributed by atoms with Crippen molar-refractivity contribution in [3.63, 3.8) is 0 Å². The van der Waals surface area contributed by atoms with Gasteiger partial charge in [0.25, 0.3) is 0 Å². The molecule has 2 bridgehead atoms. The first-order chi connectivity index (χ1) is 13.1. The zero-order valence-electron chi connectivity index (χ0n) is 16.9. The van der Waals surface area contributed by atoms with Gasteiger partial charge in [-0.3, -0.25) is 0 Å². The first-order valence-electron chi connectivity index (χ1n) is 10.5. The Morgan fingerprint density at radius 2 is 1.89 bits per heavy atom. The molecule has 1 aliphatic heterocycles. The van der Waals surface area contributed by atoms with Crippen LogP contribution in [-0.4, -0.2) is 19.2 Å². The molecule has 2 heteroatoms. The van der Waals surface area contributed by atoms with Crippen molar-refractivity contribution < 1.29 is 4.74 Å². The lowest BCUT2D eigenvalue weighted by molar-refractivity contribution is 0.0196. The number of nitrogens with one attached hydrogen (secondary N) is 1. The first-order valence-corrected chi connectivity index (χ1v) is 10.5. The Morgan fingerprint density at radius 1 is 1.07 bits per heavy atom. The Labute approximate surface area is 164 Å². The van der Waals surface area contributed by atoms with Gasteiger partial charge >= 0.3 is 0 Å². The van der Waals surface area contributed by atoms with Crippen LogP contribution < -0.4 is 10.1 Å². The Bertz CT molecular complexity index is 758. The Balaban J connectivity index is 1.55. The largest absolute Gasteiger partial charge is 0.497 e. The highest BCUT2D eigenvalue weighted by Crippen LogP contribution is 2.52. The minimum atomic E-state index is 0.294. The summed E-state index contributed by atoms with van der Waals surface area (Å²) in [6.45, 7) is 6.05. The lowest BCUT2D eigenvalue weighted by Crippen LogP contribution is -2.61. The van der Waals surface area contributed by atoms with Crippen LogP contribution in [0.25, 0.3) is 0 Å². The molecule has 0 aromatic heterocycles. The Kier molecular flexibility index (Phi) is 5.27. The normalized spacial score (nSPS) is 32.9. The van der Waals surface area contributed by atoms with E-state index in [-0.39, 0.29) is 0 Å². The number of fused-ring (bicyclic) bond motifs is 2. The molecule has 2 aromatic rings. The second kappa shape index (κ2) is 7.67. The minimum Gasteiger partial charge on any atom is -0.497 e. The fourth-order valence-corrected chi connectivity index (χ4v) is 5.61. The molecule has 1 heterocycles. The third kappa shape index (κ3) is 3.65. The SMILES string of the molecule is COc1cccc(C2CC(C)C3(CCc4ccccc4)CC2C(C)CN3)c1. The third-order valence-electron chi connectivity index (χ3n) is 7.40. The molecule has 5 unspecified atom stereocenters. The molecule has 2 aliphatic rings. The van der Waals surface area contributed by atoms with E-state index in [1.165, 1.54) is 36.8 Å². The van der Waals surface area contributed by atoms with Crippen molar-refractivity contribution >= 4 is 0 Å². The molecular weight excluding hydrogens is 330 g/mol. The molecule has 2 fully saturated rings. The topological polar surface area (TPSA) is 21.3 Å². The van der Waals surface area contributed by atoms with Crippen LogP contribution in [0.4, 0.5) is 0 Å². The Hall–Kier alpha value is -1.80. The average Bonchev–Trinajstić information content (AvgIpc) is 2.72. The van der Waals surface area contributed by atoms with E-state index >= 15 is 0 Å². The van der Waals surface area contributed by atoms with Gasteiger partial charge in [-0.2, -0.15) is 0 Å². The number of aryl methyl sites for hydroxylation is 1. The maximum atomic E-state index is 5.50. The number of ether oxygens (including phenoxy) is 1. The van der Waals surface area contributed by atoms with Gasteiger partial charge in [-0.05, 0) is 79.2 Å². The maximum absolute atomic E-state index is 5.50.